The summed E-state index contributed by atoms with van der Waals surface area (Å²) in [6, 6.07) is 7.14. The third-order valence-corrected chi connectivity index (χ3v) is 3.09. The van der Waals surface area contributed by atoms with Crippen LogP contribution in [0.3, 0.4) is 0 Å². The molecule has 22 heavy (non-hydrogen) atoms. The van der Waals surface area contributed by atoms with E-state index >= 15 is 0 Å². The van der Waals surface area contributed by atoms with Crippen molar-refractivity contribution in [3.63, 3.8) is 0 Å². The highest BCUT2D eigenvalue weighted by atomic mass is 35.5. The third-order valence-electron chi connectivity index (χ3n) is 2.87. The number of halogens is 1. The molecule has 0 aliphatic heterocycles. The van der Waals surface area contributed by atoms with E-state index in [2.05, 4.69) is 25.6 Å². The first-order valence-corrected chi connectivity index (χ1v) is 6.85. The van der Waals surface area contributed by atoms with Crippen molar-refractivity contribution in [2.24, 2.45) is 0 Å². The van der Waals surface area contributed by atoms with Crippen molar-refractivity contribution >= 4 is 34.7 Å². The van der Waals surface area contributed by atoms with E-state index in [0.717, 1.165) is 5.76 Å². The maximum atomic E-state index is 6.07. The minimum Gasteiger partial charge on any atom is -0.467 e. The Labute approximate surface area is 131 Å². The summed E-state index contributed by atoms with van der Waals surface area (Å²) in [5.41, 5.74) is 6.46. The van der Waals surface area contributed by atoms with Crippen LogP contribution in [0.1, 0.15) is 5.76 Å². The number of aromatic nitrogens is 3. The topological polar surface area (TPSA) is 102 Å². The summed E-state index contributed by atoms with van der Waals surface area (Å²) in [7, 11) is 0. The molecule has 0 saturated carbocycles. The quantitative estimate of drug-likeness (QED) is 0.664. The van der Waals surface area contributed by atoms with Gasteiger partial charge < -0.3 is 20.8 Å². The number of nitrogen functional groups attached to an aromatic ring is 1. The van der Waals surface area contributed by atoms with E-state index in [9.17, 15) is 0 Å². The first-order valence-electron chi connectivity index (χ1n) is 6.47. The van der Waals surface area contributed by atoms with Gasteiger partial charge in [0.05, 0.1) is 17.8 Å². The number of hydrogen-bond donors (Lipinski definition) is 3. The number of furan rings is 1. The molecule has 8 heteroatoms. The molecule has 3 aromatic heterocycles. The van der Waals surface area contributed by atoms with E-state index in [1.165, 1.54) is 12.5 Å². The minimum atomic E-state index is 0.394. The zero-order valence-electron chi connectivity index (χ0n) is 11.5. The second kappa shape index (κ2) is 6.31. The summed E-state index contributed by atoms with van der Waals surface area (Å²) < 4.78 is 5.25. The van der Waals surface area contributed by atoms with E-state index in [1.54, 1.807) is 18.4 Å². The van der Waals surface area contributed by atoms with Crippen LogP contribution in [0.15, 0.2) is 47.5 Å². The fraction of sp³-hybridized carbons (Fsp3) is 0.0714. The van der Waals surface area contributed by atoms with Gasteiger partial charge in [0, 0.05) is 6.20 Å². The number of nitrogens with zero attached hydrogens (tertiary/aromatic N) is 3. The molecule has 112 valence electrons. The van der Waals surface area contributed by atoms with Crippen LogP contribution in [0.25, 0.3) is 0 Å². The van der Waals surface area contributed by atoms with Crippen molar-refractivity contribution in [3.8, 4) is 0 Å². The first kappa shape index (κ1) is 14.2. The third kappa shape index (κ3) is 3.26. The van der Waals surface area contributed by atoms with Crippen LogP contribution in [0.2, 0.25) is 5.02 Å². The van der Waals surface area contributed by atoms with Gasteiger partial charge in [0.1, 0.15) is 23.6 Å². The Kier molecular flexibility index (Phi) is 4.06. The lowest BCUT2D eigenvalue weighted by Crippen LogP contribution is -2.08. The average Bonchev–Trinajstić information content (AvgIpc) is 3.04. The van der Waals surface area contributed by atoms with E-state index in [4.69, 9.17) is 21.8 Å². The smallest absolute Gasteiger partial charge is 0.160 e. The van der Waals surface area contributed by atoms with E-state index in [0.29, 0.717) is 34.7 Å². The Balaban J connectivity index is 1.75. The van der Waals surface area contributed by atoms with Gasteiger partial charge in [-0.15, -0.1) is 0 Å². The highest BCUT2D eigenvalue weighted by molar-refractivity contribution is 6.30. The normalized spacial score (nSPS) is 10.4. The van der Waals surface area contributed by atoms with Gasteiger partial charge in [0.15, 0.2) is 11.6 Å². The first-order chi connectivity index (χ1) is 10.7. The van der Waals surface area contributed by atoms with Gasteiger partial charge in [-0.2, -0.15) is 0 Å². The van der Waals surface area contributed by atoms with Crippen molar-refractivity contribution < 1.29 is 4.42 Å². The zero-order chi connectivity index (χ0) is 15.4. The van der Waals surface area contributed by atoms with Crippen LogP contribution in [-0.2, 0) is 6.54 Å². The molecule has 0 aliphatic carbocycles. The number of hydrogen-bond acceptors (Lipinski definition) is 7. The van der Waals surface area contributed by atoms with Crippen LogP contribution >= 0.6 is 11.6 Å². The molecule has 4 N–H and O–H groups in total. The maximum Gasteiger partial charge on any atom is 0.160 e. The van der Waals surface area contributed by atoms with Gasteiger partial charge in [-0.1, -0.05) is 11.6 Å². The molecule has 3 heterocycles. The Morgan fingerprint density at radius 3 is 2.73 bits per heavy atom. The van der Waals surface area contributed by atoms with Crippen LogP contribution in [0.4, 0.5) is 23.1 Å². The Morgan fingerprint density at radius 1 is 1.14 bits per heavy atom. The molecule has 0 unspecified atom stereocenters. The van der Waals surface area contributed by atoms with Crippen molar-refractivity contribution in [1.29, 1.82) is 0 Å². The summed E-state index contributed by atoms with van der Waals surface area (Å²) >= 11 is 5.80. The predicted octanol–water partition coefficient (Wildman–Crippen LogP) is 3.06. The molecule has 0 bridgehead atoms. The highest BCUT2D eigenvalue weighted by Crippen LogP contribution is 2.25. The summed E-state index contributed by atoms with van der Waals surface area (Å²) in [5, 5.41) is 6.68. The SMILES string of the molecule is Nc1c(NCc2ccco2)ncnc1Nc1ccc(Cl)cn1. The summed E-state index contributed by atoms with van der Waals surface area (Å²) in [4.78, 5) is 12.4. The lowest BCUT2D eigenvalue weighted by Gasteiger charge is -2.11. The molecule has 3 rings (SSSR count). The molecule has 0 aromatic carbocycles. The number of nitrogens with two attached hydrogens (primary N) is 1. The molecule has 0 aliphatic rings. The second-order valence-electron chi connectivity index (χ2n) is 4.40. The fourth-order valence-corrected chi connectivity index (χ4v) is 1.90. The predicted molar refractivity (Wildman–Crippen MR) is 85.0 cm³/mol. The van der Waals surface area contributed by atoms with Crippen molar-refractivity contribution in [2.45, 2.75) is 6.54 Å². The molecule has 7 nitrogen and oxygen atoms in total. The van der Waals surface area contributed by atoms with Gasteiger partial charge in [-0.3, -0.25) is 0 Å². The Morgan fingerprint density at radius 2 is 2.00 bits per heavy atom. The molecule has 0 fully saturated rings. The number of anilines is 4. The van der Waals surface area contributed by atoms with Gasteiger partial charge in [-0.25, -0.2) is 15.0 Å². The second-order valence-corrected chi connectivity index (χ2v) is 4.84. The molecule has 0 spiro atoms. The van der Waals surface area contributed by atoms with Crippen LogP contribution in [0, 0.1) is 0 Å². The van der Waals surface area contributed by atoms with Gasteiger partial charge in [0.25, 0.3) is 0 Å². The van der Waals surface area contributed by atoms with Crippen LogP contribution < -0.4 is 16.4 Å². The van der Waals surface area contributed by atoms with Crippen molar-refractivity contribution in [3.05, 3.63) is 53.8 Å². The Bertz CT molecular complexity index is 745. The Hall–Kier alpha value is -2.80. The van der Waals surface area contributed by atoms with Gasteiger partial charge in [-0.05, 0) is 24.3 Å². The van der Waals surface area contributed by atoms with E-state index < -0.39 is 0 Å². The molecule has 0 atom stereocenters. The standard InChI is InChI=1S/C14H13ClN6O/c15-9-3-4-11(17-6-9)21-14-12(16)13(19-8-20-14)18-7-10-2-1-5-22-10/h1-6,8H,7,16H2,(H2,17,18,19,20,21). The molecule has 0 amide bonds. The number of pyridine rings is 1. The largest absolute Gasteiger partial charge is 0.467 e. The molecule has 0 saturated heterocycles. The minimum absolute atomic E-state index is 0.394. The lowest BCUT2D eigenvalue weighted by molar-refractivity contribution is 0.518. The van der Waals surface area contributed by atoms with E-state index in [1.807, 2.05) is 12.1 Å². The van der Waals surface area contributed by atoms with Gasteiger partial charge in [0.2, 0.25) is 0 Å². The number of nitrogens with one attached hydrogen (secondary N) is 2. The average molecular weight is 317 g/mol. The summed E-state index contributed by atoms with van der Waals surface area (Å²) in [6.45, 7) is 0.479. The number of rotatable bonds is 5. The molecule has 3 aromatic rings. The molecule has 0 radical (unpaired) electrons. The molecular formula is C14H13ClN6O. The highest BCUT2D eigenvalue weighted by Gasteiger charge is 2.09. The van der Waals surface area contributed by atoms with Gasteiger partial charge >= 0.3 is 0 Å². The fourth-order valence-electron chi connectivity index (χ4n) is 1.79. The summed E-state index contributed by atoms with van der Waals surface area (Å²) in [5.74, 6) is 2.35. The maximum absolute atomic E-state index is 6.07. The molecular weight excluding hydrogens is 304 g/mol. The zero-order valence-corrected chi connectivity index (χ0v) is 12.2. The van der Waals surface area contributed by atoms with Crippen molar-refractivity contribution in [2.75, 3.05) is 16.4 Å². The van der Waals surface area contributed by atoms with Crippen molar-refractivity contribution in [1.82, 2.24) is 15.0 Å². The van der Waals surface area contributed by atoms with E-state index in [-0.39, 0.29) is 0 Å². The monoisotopic (exact) mass is 316 g/mol. The lowest BCUT2D eigenvalue weighted by atomic mass is 10.4. The van der Waals surface area contributed by atoms with Crippen LogP contribution in [-0.4, -0.2) is 15.0 Å². The summed E-state index contributed by atoms with van der Waals surface area (Å²) in [6.07, 6.45) is 4.57. The van der Waals surface area contributed by atoms with Crippen LogP contribution in [0.5, 0.6) is 0 Å².